The lowest BCUT2D eigenvalue weighted by molar-refractivity contribution is -0.114. The van der Waals surface area contributed by atoms with Crippen molar-refractivity contribution in [1.82, 2.24) is 0 Å². The zero-order chi connectivity index (χ0) is 10.6. The van der Waals surface area contributed by atoms with Crippen molar-refractivity contribution in [2.45, 2.75) is 13.3 Å². The summed E-state index contributed by atoms with van der Waals surface area (Å²) in [5.74, 6) is 0.0931. The van der Waals surface area contributed by atoms with Gasteiger partial charge in [-0.1, -0.05) is 39.7 Å². The van der Waals surface area contributed by atoms with Crippen molar-refractivity contribution in [3.63, 3.8) is 0 Å². The van der Waals surface area contributed by atoms with Gasteiger partial charge in [0.05, 0.1) is 0 Å². The molecule has 1 nitrogen and oxygen atoms in total. The second-order valence-corrected chi connectivity index (χ2v) is 4.17. The van der Waals surface area contributed by atoms with E-state index in [-0.39, 0.29) is 5.78 Å². The van der Waals surface area contributed by atoms with E-state index in [1.165, 1.54) is 0 Å². The molecule has 0 radical (unpaired) electrons. The van der Waals surface area contributed by atoms with Crippen molar-refractivity contribution >= 4 is 33.3 Å². The monoisotopic (exact) mass is 272 g/mol. The summed E-state index contributed by atoms with van der Waals surface area (Å²) in [6.07, 6.45) is 3.72. The van der Waals surface area contributed by atoms with Crippen molar-refractivity contribution in [2.75, 3.05) is 0 Å². The fourth-order valence-electron chi connectivity index (χ4n) is 1.10. The summed E-state index contributed by atoms with van der Waals surface area (Å²) in [4.78, 5) is 11.3. The van der Waals surface area contributed by atoms with Crippen LogP contribution in [0.2, 0.25) is 5.02 Å². The number of carbonyl (C=O) groups is 1. The fraction of sp³-hybridized carbons (Fsp3) is 0.182. The van der Waals surface area contributed by atoms with Gasteiger partial charge in [0.2, 0.25) is 0 Å². The van der Waals surface area contributed by atoms with Gasteiger partial charge >= 0.3 is 0 Å². The average molecular weight is 274 g/mol. The van der Waals surface area contributed by atoms with E-state index >= 15 is 0 Å². The molecular weight excluding hydrogens is 263 g/mol. The normalized spacial score (nSPS) is 10.8. The molecule has 0 saturated carbocycles. The molecule has 0 N–H and O–H groups in total. The van der Waals surface area contributed by atoms with Crippen molar-refractivity contribution < 1.29 is 4.79 Å². The van der Waals surface area contributed by atoms with Gasteiger partial charge in [0.1, 0.15) is 0 Å². The van der Waals surface area contributed by atoms with Crippen molar-refractivity contribution in [3.05, 3.63) is 45.4 Å². The van der Waals surface area contributed by atoms with Crippen LogP contribution in [0.4, 0.5) is 0 Å². The molecule has 1 rings (SSSR count). The summed E-state index contributed by atoms with van der Waals surface area (Å²) in [7, 11) is 0. The van der Waals surface area contributed by atoms with E-state index in [9.17, 15) is 4.79 Å². The van der Waals surface area contributed by atoms with Crippen LogP contribution < -0.4 is 0 Å². The van der Waals surface area contributed by atoms with Crippen LogP contribution in [0, 0.1) is 0 Å². The third-order valence-electron chi connectivity index (χ3n) is 1.73. The van der Waals surface area contributed by atoms with Crippen LogP contribution in [0.1, 0.15) is 12.5 Å². The Labute approximate surface area is 96.9 Å². The van der Waals surface area contributed by atoms with Gasteiger partial charge in [-0.25, -0.2) is 0 Å². The zero-order valence-electron chi connectivity index (χ0n) is 7.76. The molecule has 0 aliphatic rings. The molecule has 74 valence electrons. The Balaban J connectivity index is 2.82. The Morgan fingerprint density at radius 1 is 1.57 bits per heavy atom. The van der Waals surface area contributed by atoms with Crippen molar-refractivity contribution in [1.29, 1.82) is 0 Å². The smallest absolute Gasteiger partial charge is 0.159 e. The predicted octanol–water partition coefficient (Wildman–Crippen LogP) is 3.79. The number of ketones is 1. The maximum atomic E-state index is 11.3. The van der Waals surface area contributed by atoms with Crippen LogP contribution in [-0.4, -0.2) is 5.78 Å². The number of hydrogen-bond donors (Lipinski definition) is 0. The minimum absolute atomic E-state index is 0.0931. The van der Waals surface area contributed by atoms with Gasteiger partial charge in [-0.3, -0.25) is 4.79 Å². The first kappa shape index (κ1) is 11.5. The Bertz CT molecular complexity index is 372. The lowest BCUT2D eigenvalue weighted by Crippen LogP contribution is -1.98. The summed E-state index contributed by atoms with van der Waals surface area (Å²) >= 11 is 9.15. The molecule has 3 heteroatoms. The van der Waals surface area contributed by atoms with Gasteiger partial charge in [-0.05, 0) is 30.7 Å². The largest absolute Gasteiger partial charge is 0.294 e. The van der Waals surface area contributed by atoms with Crippen LogP contribution in [0.15, 0.2) is 34.8 Å². The van der Waals surface area contributed by atoms with E-state index in [4.69, 9.17) is 11.6 Å². The van der Waals surface area contributed by atoms with E-state index in [0.29, 0.717) is 11.4 Å². The highest BCUT2D eigenvalue weighted by Gasteiger charge is 2.04. The topological polar surface area (TPSA) is 17.1 Å². The van der Waals surface area contributed by atoms with Gasteiger partial charge in [0, 0.05) is 15.9 Å². The maximum Gasteiger partial charge on any atom is 0.159 e. The second kappa shape index (κ2) is 5.32. The van der Waals surface area contributed by atoms with Crippen LogP contribution in [0.5, 0.6) is 0 Å². The minimum Gasteiger partial charge on any atom is -0.294 e. The summed E-state index contributed by atoms with van der Waals surface area (Å²) in [5.41, 5.74) is 0.956. The third kappa shape index (κ3) is 3.28. The summed E-state index contributed by atoms with van der Waals surface area (Å²) in [5, 5.41) is 0.666. The summed E-state index contributed by atoms with van der Waals surface area (Å²) in [6.45, 7) is 1.83. The van der Waals surface area contributed by atoms with E-state index < -0.39 is 0 Å². The summed E-state index contributed by atoms with van der Waals surface area (Å²) < 4.78 is 0.878. The molecular formula is C11H10BrClO. The molecule has 14 heavy (non-hydrogen) atoms. The Kier molecular flexibility index (Phi) is 4.36. The second-order valence-electron chi connectivity index (χ2n) is 2.88. The maximum absolute atomic E-state index is 11.3. The van der Waals surface area contributed by atoms with E-state index in [1.807, 2.05) is 13.0 Å². The zero-order valence-corrected chi connectivity index (χ0v) is 10.1. The molecule has 0 aliphatic carbocycles. The first-order valence-electron chi connectivity index (χ1n) is 4.23. The molecule has 1 aromatic rings. The van der Waals surface area contributed by atoms with Gasteiger partial charge in [-0.2, -0.15) is 0 Å². The third-order valence-corrected chi connectivity index (χ3v) is 2.71. The molecule has 0 saturated heterocycles. The standard InChI is InChI=1S/C11H10BrClO/c1-2-3-10(14)6-8-4-5-9(13)7-11(8)12/h2-5,7H,6H2,1H3/b3-2+. The molecule has 1 aromatic carbocycles. The number of benzene rings is 1. The Morgan fingerprint density at radius 3 is 2.86 bits per heavy atom. The highest BCUT2D eigenvalue weighted by atomic mass is 79.9. The van der Waals surface area contributed by atoms with Gasteiger partial charge < -0.3 is 0 Å². The first-order chi connectivity index (χ1) is 6.63. The fourth-order valence-corrected chi connectivity index (χ4v) is 1.92. The minimum atomic E-state index is 0.0931. The molecule has 0 fully saturated rings. The number of allylic oxidation sites excluding steroid dienone is 2. The Hall–Kier alpha value is -0.600. The average Bonchev–Trinajstić information content (AvgIpc) is 2.10. The molecule has 0 unspecified atom stereocenters. The van der Waals surface area contributed by atoms with Crippen LogP contribution in [0.3, 0.4) is 0 Å². The summed E-state index contributed by atoms with van der Waals surface area (Å²) in [6, 6.07) is 5.43. The molecule has 0 atom stereocenters. The van der Waals surface area contributed by atoms with E-state index in [1.54, 1.807) is 24.3 Å². The van der Waals surface area contributed by atoms with Gasteiger partial charge in [0.25, 0.3) is 0 Å². The van der Waals surface area contributed by atoms with Crippen LogP contribution >= 0.6 is 27.5 Å². The first-order valence-corrected chi connectivity index (χ1v) is 5.40. The molecule has 0 spiro atoms. The van der Waals surface area contributed by atoms with E-state index in [2.05, 4.69) is 15.9 Å². The van der Waals surface area contributed by atoms with Crippen molar-refractivity contribution in [3.8, 4) is 0 Å². The molecule has 0 amide bonds. The highest BCUT2D eigenvalue weighted by Crippen LogP contribution is 2.22. The molecule has 0 bridgehead atoms. The molecule has 0 aliphatic heterocycles. The highest BCUT2D eigenvalue weighted by molar-refractivity contribution is 9.10. The lowest BCUT2D eigenvalue weighted by Gasteiger charge is -2.01. The van der Waals surface area contributed by atoms with Crippen LogP contribution in [-0.2, 0) is 11.2 Å². The number of rotatable bonds is 3. The van der Waals surface area contributed by atoms with Crippen LogP contribution in [0.25, 0.3) is 0 Å². The Morgan fingerprint density at radius 2 is 2.29 bits per heavy atom. The number of halogens is 2. The lowest BCUT2D eigenvalue weighted by atomic mass is 10.1. The quantitative estimate of drug-likeness (QED) is 0.766. The molecule has 0 aromatic heterocycles. The SMILES string of the molecule is C/C=C/C(=O)Cc1ccc(Cl)cc1Br. The van der Waals surface area contributed by atoms with Gasteiger partial charge in [0.15, 0.2) is 5.78 Å². The number of hydrogen-bond acceptors (Lipinski definition) is 1. The van der Waals surface area contributed by atoms with E-state index in [0.717, 1.165) is 10.0 Å². The number of carbonyl (C=O) groups excluding carboxylic acids is 1. The van der Waals surface area contributed by atoms with Crippen molar-refractivity contribution in [2.24, 2.45) is 0 Å². The predicted molar refractivity (Wildman–Crippen MR) is 62.7 cm³/mol. The molecule has 0 heterocycles. The van der Waals surface area contributed by atoms with Gasteiger partial charge in [-0.15, -0.1) is 0 Å².